The molecule has 2 nitrogen and oxygen atoms in total. The lowest BCUT2D eigenvalue weighted by molar-refractivity contribution is -0.0429. The number of aryl methyl sites for hydroxylation is 1. The van der Waals surface area contributed by atoms with Crippen molar-refractivity contribution in [2.45, 2.75) is 40.4 Å². The number of hydrogen-bond donors (Lipinski definition) is 2. The van der Waals surface area contributed by atoms with Crippen LogP contribution in [0.2, 0.25) is 0 Å². The molecule has 1 aromatic carbocycles. The molecule has 16 heavy (non-hydrogen) atoms. The molecule has 0 heterocycles. The highest BCUT2D eigenvalue weighted by Crippen LogP contribution is 2.38. The second-order valence-corrected chi connectivity index (χ2v) is 4.72. The number of benzene rings is 1. The van der Waals surface area contributed by atoms with Crippen LogP contribution in [-0.4, -0.2) is 10.2 Å². The number of fused-ring (bicyclic) bond motifs is 1. The maximum absolute atomic E-state index is 9.35. The van der Waals surface area contributed by atoms with E-state index >= 15 is 0 Å². The number of aliphatic hydroxyl groups is 2. The first-order valence-electron chi connectivity index (χ1n) is 5.59. The molecule has 0 atom stereocenters. The highest BCUT2D eigenvalue weighted by molar-refractivity contribution is 5.78. The summed E-state index contributed by atoms with van der Waals surface area (Å²) in [4.78, 5) is 0. The van der Waals surface area contributed by atoms with Crippen molar-refractivity contribution in [1.82, 2.24) is 0 Å². The summed E-state index contributed by atoms with van der Waals surface area (Å²) in [6.45, 7) is 8.26. The van der Waals surface area contributed by atoms with Crippen molar-refractivity contribution in [3.05, 3.63) is 39.5 Å². The van der Waals surface area contributed by atoms with Gasteiger partial charge in [0.2, 0.25) is 0 Å². The molecular formula is C14H18O2. The van der Waals surface area contributed by atoms with E-state index in [1.165, 1.54) is 22.3 Å². The van der Waals surface area contributed by atoms with Gasteiger partial charge in [-0.1, -0.05) is 11.6 Å². The minimum atomic E-state index is -1.38. The normalized spacial score (nSPS) is 14.9. The topological polar surface area (TPSA) is 40.5 Å². The summed E-state index contributed by atoms with van der Waals surface area (Å²) in [6.07, 6.45) is -0.381. The zero-order valence-corrected chi connectivity index (χ0v) is 10.3. The fourth-order valence-electron chi connectivity index (χ4n) is 2.61. The number of hydrogen-bond acceptors (Lipinski definition) is 2. The molecule has 0 saturated carbocycles. The van der Waals surface area contributed by atoms with Crippen LogP contribution in [-0.2, 0) is 6.42 Å². The third-order valence-corrected chi connectivity index (χ3v) is 3.69. The van der Waals surface area contributed by atoms with Gasteiger partial charge in [-0.2, -0.15) is 0 Å². The summed E-state index contributed by atoms with van der Waals surface area (Å²) in [5, 5.41) is 18.7. The Morgan fingerprint density at radius 1 is 1.12 bits per heavy atom. The fraction of sp³-hybridized carbons (Fsp3) is 0.429. The summed E-state index contributed by atoms with van der Waals surface area (Å²) in [5.74, 6) is 0. The van der Waals surface area contributed by atoms with Crippen LogP contribution in [0.15, 0.2) is 11.6 Å². The highest BCUT2D eigenvalue weighted by Gasteiger charge is 2.23. The van der Waals surface area contributed by atoms with Crippen molar-refractivity contribution in [2.24, 2.45) is 0 Å². The van der Waals surface area contributed by atoms with E-state index in [9.17, 15) is 10.2 Å². The Morgan fingerprint density at radius 2 is 1.75 bits per heavy atom. The van der Waals surface area contributed by atoms with E-state index in [-0.39, 0.29) is 0 Å². The Hall–Kier alpha value is -1.12. The van der Waals surface area contributed by atoms with Gasteiger partial charge in [-0.15, -0.1) is 0 Å². The van der Waals surface area contributed by atoms with Crippen LogP contribution < -0.4 is 0 Å². The number of aliphatic hydroxyl groups excluding tert-OH is 1. The molecule has 1 aliphatic carbocycles. The zero-order valence-electron chi connectivity index (χ0n) is 10.3. The van der Waals surface area contributed by atoms with Gasteiger partial charge in [0.25, 0.3) is 0 Å². The van der Waals surface area contributed by atoms with Crippen molar-refractivity contribution >= 4 is 5.57 Å². The number of rotatable bonds is 1. The molecule has 2 N–H and O–H groups in total. The van der Waals surface area contributed by atoms with E-state index in [1.807, 2.05) is 19.9 Å². The first kappa shape index (κ1) is 11.4. The third-order valence-electron chi connectivity index (χ3n) is 3.69. The minimum Gasteiger partial charge on any atom is -0.364 e. The number of allylic oxidation sites excluding steroid dienone is 2. The van der Waals surface area contributed by atoms with E-state index in [4.69, 9.17) is 0 Å². The molecule has 0 fully saturated rings. The molecule has 0 amide bonds. The van der Waals surface area contributed by atoms with Gasteiger partial charge < -0.3 is 10.2 Å². The predicted octanol–water partition coefficient (Wildman–Crippen LogP) is 2.64. The van der Waals surface area contributed by atoms with Crippen LogP contribution >= 0.6 is 0 Å². The smallest absolute Gasteiger partial charge is 0.178 e. The molecule has 0 bridgehead atoms. The van der Waals surface area contributed by atoms with Crippen molar-refractivity contribution in [1.29, 1.82) is 0 Å². The van der Waals surface area contributed by atoms with E-state index in [0.717, 1.165) is 17.5 Å². The van der Waals surface area contributed by atoms with Crippen LogP contribution in [0.1, 0.15) is 48.0 Å². The van der Waals surface area contributed by atoms with Gasteiger partial charge in [-0.05, 0) is 61.9 Å². The molecule has 1 aliphatic rings. The molecule has 86 valence electrons. The van der Waals surface area contributed by atoms with Crippen LogP contribution in [0.25, 0.3) is 5.57 Å². The average Bonchev–Trinajstić information content (AvgIpc) is 2.50. The van der Waals surface area contributed by atoms with Gasteiger partial charge in [0.15, 0.2) is 6.29 Å². The summed E-state index contributed by atoms with van der Waals surface area (Å²) >= 11 is 0. The first-order chi connectivity index (χ1) is 7.43. The Kier molecular flexibility index (Phi) is 2.64. The van der Waals surface area contributed by atoms with E-state index in [0.29, 0.717) is 5.56 Å². The van der Waals surface area contributed by atoms with Crippen molar-refractivity contribution in [3.63, 3.8) is 0 Å². The molecule has 0 aromatic heterocycles. The molecule has 0 saturated heterocycles. The summed E-state index contributed by atoms with van der Waals surface area (Å²) in [7, 11) is 0. The quantitative estimate of drug-likeness (QED) is 0.711. The minimum absolute atomic E-state index is 0.630. The van der Waals surface area contributed by atoms with Gasteiger partial charge >= 0.3 is 0 Å². The largest absolute Gasteiger partial charge is 0.364 e. The average molecular weight is 218 g/mol. The van der Waals surface area contributed by atoms with Crippen molar-refractivity contribution in [2.75, 3.05) is 0 Å². The zero-order chi connectivity index (χ0) is 12.0. The molecule has 2 heteroatoms. The fourth-order valence-corrected chi connectivity index (χ4v) is 2.61. The van der Waals surface area contributed by atoms with Gasteiger partial charge in [0, 0.05) is 5.56 Å². The van der Waals surface area contributed by atoms with Crippen molar-refractivity contribution in [3.8, 4) is 0 Å². The van der Waals surface area contributed by atoms with E-state index in [1.54, 1.807) is 0 Å². The molecular weight excluding hydrogens is 200 g/mol. The summed E-state index contributed by atoms with van der Waals surface area (Å²) in [6, 6.07) is 1.89. The Labute approximate surface area is 96.2 Å². The molecule has 0 spiro atoms. The van der Waals surface area contributed by atoms with Gasteiger partial charge in [0.1, 0.15) is 0 Å². The van der Waals surface area contributed by atoms with E-state index < -0.39 is 6.29 Å². The molecule has 0 aliphatic heterocycles. The lowest BCUT2D eigenvalue weighted by Crippen LogP contribution is -2.03. The highest BCUT2D eigenvalue weighted by atomic mass is 16.5. The molecule has 1 aromatic rings. The molecule has 2 rings (SSSR count). The Bertz CT molecular complexity index is 482. The van der Waals surface area contributed by atoms with Gasteiger partial charge in [-0.3, -0.25) is 0 Å². The Balaban J connectivity index is 2.73. The first-order valence-corrected chi connectivity index (χ1v) is 5.59. The lowest BCUT2D eigenvalue weighted by atomic mass is 9.92. The van der Waals surface area contributed by atoms with Crippen molar-refractivity contribution < 1.29 is 10.2 Å². The SMILES string of the molecule is CC1=C(C)c2c(C)c(C(O)O)cc(C)c2C1. The monoisotopic (exact) mass is 218 g/mol. The standard InChI is InChI=1S/C14H18O2/c1-7-5-11-8(2)6-12(14(15)16)10(4)13(11)9(7)3/h6,14-16H,5H2,1-4H3. The maximum atomic E-state index is 9.35. The molecule has 0 radical (unpaired) electrons. The second-order valence-electron chi connectivity index (χ2n) is 4.72. The van der Waals surface area contributed by atoms with Gasteiger partial charge in [-0.25, -0.2) is 0 Å². The summed E-state index contributed by atoms with van der Waals surface area (Å²) < 4.78 is 0. The van der Waals surface area contributed by atoms with Crippen LogP contribution in [0.3, 0.4) is 0 Å². The molecule has 0 unspecified atom stereocenters. The maximum Gasteiger partial charge on any atom is 0.178 e. The van der Waals surface area contributed by atoms with Gasteiger partial charge in [0.05, 0.1) is 0 Å². The van der Waals surface area contributed by atoms with Crippen LogP contribution in [0, 0.1) is 13.8 Å². The van der Waals surface area contributed by atoms with E-state index in [2.05, 4.69) is 13.8 Å². The third kappa shape index (κ3) is 1.49. The predicted molar refractivity (Wildman–Crippen MR) is 65.1 cm³/mol. The lowest BCUT2D eigenvalue weighted by Gasteiger charge is -2.16. The Morgan fingerprint density at radius 3 is 2.31 bits per heavy atom. The second kappa shape index (κ2) is 3.72. The van der Waals surface area contributed by atoms with Crippen LogP contribution in [0.5, 0.6) is 0 Å². The van der Waals surface area contributed by atoms with Crippen LogP contribution in [0.4, 0.5) is 0 Å². The summed E-state index contributed by atoms with van der Waals surface area (Å²) in [5.41, 5.74) is 8.02.